The number of benzene rings is 2. The van der Waals surface area contributed by atoms with Crippen LogP contribution in [0.3, 0.4) is 0 Å². The molecule has 0 radical (unpaired) electrons. The van der Waals surface area contributed by atoms with Crippen LogP contribution in [0.5, 0.6) is 0 Å². The number of hydrogen-bond donors (Lipinski definition) is 2. The Morgan fingerprint density at radius 2 is 1.77 bits per heavy atom. The van der Waals surface area contributed by atoms with Crippen LogP contribution in [0.2, 0.25) is 0 Å². The minimum absolute atomic E-state index is 0.0400. The molecule has 0 spiro atoms. The molecule has 6 rings (SSSR count). The van der Waals surface area contributed by atoms with Gasteiger partial charge in [0, 0.05) is 72.7 Å². The number of fused-ring (bicyclic) bond motifs is 1. The fourth-order valence-corrected chi connectivity index (χ4v) is 5.14. The van der Waals surface area contributed by atoms with Gasteiger partial charge in [-0.15, -0.1) is 0 Å². The smallest absolute Gasteiger partial charge is 0.253 e. The van der Waals surface area contributed by atoms with Crippen LogP contribution < -0.4 is 11.1 Å². The van der Waals surface area contributed by atoms with Crippen LogP contribution in [0.4, 0.5) is 14.6 Å². The number of carbonyl (C=O) groups is 2. The predicted octanol–water partition coefficient (Wildman–Crippen LogP) is 6.34. The van der Waals surface area contributed by atoms with Gasteiger partial charge in [0.25, 0.3) is 11.8 Å². The Morgan fingerprint density at radius 1 is 0.977 bits per heavy atom. The highest BCUT2D eigenvalue weighted by molar-refractivity contribution is 5.98. The first-order chi connectivity index (χ1) is 21.2. The number of aromatic nitrogens is 2. The average Bonchev–Trinajstić information content (AvgIpc) is 3.46. The zero-order valence-corrected chi connectivity index (χ0v) is 23.7. The molecule has 0 saturated carbocycles. The Morgan fingerprint density at radius 3 is 2.48 bits per heavy atom. The van der Waals surface area contributed by atoms with Gasteiger partial charge in [-0.25, -0.2) is 13.8 Å². The predicted molar refractivity (Wildman–Crippen MR) is 164 cm³/mol. The number of nitrogens with two attached hydrogens (primary N) is 1. The number of amides is 2. The number of pyridine rings is 2. The minimum atomic E-state index is -2.71. The van der Waals surface area contributed by atoms with Crippen molar-refractivity contribution in [1.82, 2.24) is 20.2 Å². The number of nitrogen functional groups attached to an aromatic ring is 1. The van der Waals surface area contributed by atoms with Crippen LogP contribution in [0, 0.1) is 0 Å². The molecular weight excluding hydrogens is 564 g/mol. The number of nitrogens with zero attached hydrogens (tertiary/aromatic N) is 3. The second-order valence-corrected chi connectivity index (χ2v) is 10.7. The first-order valence-electron chi connectivity index (χ1n) is 14.2. The standard InChI is InChI=1S/C34H29F2N5O3/c35-34(36)11-14-41(15-12-34)33(43)24-7-5-23(6-8-24)26-16-27-17-28(44-32(27)29(18-26)25-2-1-13-38-20-25)21-40-31(42)10-4-22-3-9-30(37)39-19-22/h1-10,13,16-20H,11-12,14-15,21H2,(H2,37,39)(H,40,42). The van der Waals surface area contributed by atoms with E-state index in [9.17, 15) is 18.4 Å². The van der Waals surface area contributed by atoms with Gasteiger partial charge in [-0.3, -0.25) is 14.6 Å². The molecule has 1 saturated heterocycles. The number of halogens is 2. The van der Waals surface area contributed by atoms with Crippen molar-refractivity contribution in [2.24, 2.45) is 0 Å². The van der Waals surface area contributed by atoms with Crippen molar-refractivity contribution in [2.45, 2.75) is 25.3 Å². The summed E-state index contributed by atoms with van der Waals surface area (Å²) in [5.41, 5.74) is 10.9. The summed E-state index contributed by atoms with van der Waals surface area (Å²) in [4.78, 5) is 35.1. The van der Waals surface area contributed by atoms with E-state index >= 15 is 0 Å². The third-order valence-corrected chi connectivity index (χ3v) is 7.56. The summed E-state index contributed by atoms with van der Waals surface area (Å²) in [6.45, 7) is 0.260. The number of furan rings is 1. The molecule has 4 heterocycles. The topological polar surface area (TPSA) is 114 Å². The Hall–Kier alpha value is -5.38. The quantitative estimate of drug-likeness (QED) is 0.213. The molecule has 0 atom stereocenters. The van der Waals surface area contributed by atoms with Gasteiger partial charge in [-0.1, -0.05) is 18.2 Å². The van der Waals surface area contributed by atoms with E-state index in [0.717, 1.165) is 33.2 Å². The van der Waals surface area contributed by atoms with Crippen molar-refractivity contribution in [3.63, 3.8) is 0 Å². The highest BCUT2D eigenvalue weighted by Gasteiger charge is 2.35. The molecular formula is C34H29F2N5O3. The Balaban J connectivity index is 1.23. The summed E-state index contributed by atoms with van der Waals surface area (Å²) < 4.78 is 33.3. The summed E-state index contributed by atoms with van der Waals surface area (Å²) >= 11 is 0. The molecule has 2 amide bonds. The molecule has 222 valence electrons. The van der Waals surface area contributed by atoms with Crippen molar-refractivity contribution < 1.29 is 22.8 Å². The highest BCUT2D eigenvalue weighted by atomic mass is 19.3. The van der Waals surface area contributed by atoms with Crippen molar-refractivity contribution in [2.75, 3.05) is 18.8 Å². The second kappa shape index (κ2) is 12.1. The van der Waals surface area contributed by atoms with Crippen molar-refractivity contribution in [3.8, 4) is 22.3 Å². The molecule has 0 aliphatic carbocycles. The Kier molecular flexibility index (Phi) is 7.89. The third kappa shape index (κ3) is 6.49. The van der Waals surface area contributed by atoms with Crippen LogP contribution in [0.25, 0.3) is 39.3 Å². The molecule has 1 aliphatic heterocycles. The number of hydrogen-bond acceptors (Lipinski definition) is 6. The van der Waals surface area contributed by atoms with Gasteiger partial charge >= 0.3 is 0 Å². The molecule has 2 aromatic carbocycles. The van der Waals surface area contributed by atoms with Gasteiger partial charge in [-0.05, 0) is 71.3 Å². The number of alkyl halides is 2. The van der Waals surface area contributed by atoms with E-state index in [2.05, 4.69) is 15.3 Å². The molecule has 0 bridgehead atoms. The molecule has 44 heavy (non-hydrogen) atoms. The monoisotopic (exact) mass is 593 g/mol. The molecule has 8 nitrogen and oxygen atoms in total. The SMILES string of the molecule is Nc1ccc(C=CC(=O)NCc2cc3cc(-c4ccc(C(=O)N5CCC(F)(F)CC5)cc4)cc(-c4cccnc4)c3o2)cn1. The molecule has 3 N–H and O–H groups in total. The zero-order chi connectivity index (χ0) is 30.7. The van der Waals surface area contributed by atoms with Crippen LogP contribution in [0.15, 0.2) is 95.8 Å². The van der Waals surface area contributed by atoms with E-state index in [-0.39, 0.29) is 44.3 Å². The molecule has 5 aromatic rings. The first-order valence-corrected chi connectivity index (χ1v) is 14.2. The number of nitrogens with one attached hydrogen (secondary N) is 1. The zero-order valence-electron chi connectivity index (χ0n) is 23.7. The third-order valence-electron chi connectivity index (χ3n) is 7.56. The number of piperidine rings is 1. The molecule has 1 aliphatic rings. The fourth-order valence-electron chi connectivity index (χ4n) is 5.14. The maximum atomic E-state index is 13.6. The van der Waals surface area contributed by atoms with Gasteiger partial charge in [-0.2, -0.15) is 0 Å². The fraction of sp³-hybridized carbons (Fsp3) is 0.176. The summed E-state index contributed by atoms with van der Waals surface area (Å²) in [5, 5.41) is 3.68. The van der Waals surface area contributed by atoms with E-state index in [1.165, 1.54) is 11.0 Å². The minimum Gasteiger partial charge on any atom is -0.459 e. The second-order valence-electron chi connectivity index (χ2n) is 10.7. The lowest BCUT2D eigenvalue weighted by Crippen LogP contribution is -2.42. The summed E-state index contributed by atoms with van der Waals surface area (Å²) in [5.74, 6) is -2.27. The summed E-state index contributed by atoms with van der Waals surface area (Å²) in [6.07, 6.45) is 7.47. The number of anilines is 1. The van der Waals surface area contributed by atoms with Crippen LogP contribution >= 0.6 is 0 Å². The van der Waals surface area contributed by atoms with Gasteiger partial charge in [0.2, 0.25) is 5.91 Å². The van der Waals surface area contributed by atoms with E-state index in [1.807, 2.05) is 42.5 Å². The first kappa shape index (κ1) is 28.7. The maximum absolute atomic E-state index is 13.6. The van der Waals surface area contributed by atoms with Crippen LogP contribution in [-0.2, 0) is 11.3 Å². The van der Waals surface area contributed by atoms with Gasteiger partial charge in [0.1, 0.15) is 17.2 Å². The van der Waals surface area contributed by atoms with Crippen molar-refractivity contribution >= 4 is 34.7 Å². The lowest BCUT2D eigenvalue weighted by atomic mass is 9.96. The van der Waals surface area contributed by atoms with E-state index in [1.54, 1.807) is 48.9 Å². The highest BCUT2D eigenvalue weighted by Crippen LogP contribution is 2.36. The molecule has 0 unspecified atom stereocenters. The van der Waals surface area contributed by atoms with Crippen molar-refractivity contribution in [1.29, 1.82) is 0 Å². The van der Waals surface area contributed by atoms with Gasteiger partial charge in [0.15, 0.2) is 0 Å². The van der Waals surface area contributed by atoms with Crippen LogP contribution in [0.1, 0.15) is 34.5 Å². The number of rotatable bonds is 7. The summed E-state index contributed by atoms with van der Waals surface area (Å²) in [6, 6.07) is 20.2. The van der Waals surface area contributed by atoms with E-state index < -0.39 is 5.92 Å². The van der Waals surface area contributed by atoms with Crippen molar-refractivity contribution in [3.05, 3.63) is 108 Å². The summed E-state index contributed by atoms with van der Waals surface area (Å²) in [7, 11) is 0. The number of carbonyl (C=O) groups excluding carboxylic acids is 2. The molecule has 3 aromatic heterocycles. The molecule has 1 fully saturated rings. The normalized spacial score (nSPS) is 14.6. The lowest BCUT2D eigenvalue weighted by molar-refractivity contribution is -0.116. The Bertz CT molecular complexity index is 1830. The lowest BCUT2D eigenvalue weighted by Gasteiger charge is -2.31. The van der Waals surface area contributed by atoms with Gasteiger partial charge < -0.3 is 20.4 Å². The molecule has 10 heteroatoms. The maximum Gasteiger partial charge on any atom is 0.253 e. The van der Waals surface area contributed by atoms with E-state index in [0.29, 0.717) is 22.7 Å². The number of likely N-dealkylation sites (tertiary alicyclic amines) is 1. The van der Waals surface area contributed by atoms with E-state index in [4.69, 9.17) is 10.2 Å². The average molecular weight is 594 g/mol. The van der Waals surface area contributed by atoms with Gasteiger partial charge in [0.05, 0.1) is 6.54 Å². The Labute approximate surface area is 252 Å². The largest absolute Gasteiger partial charge is 0.459 e. The van der Waals surface area contributed by atoms with Crippen LogP contribution in [-0.4, -0.2) is 45.7 Å².